The van der Waals surface area contributed by atoms with E-state index >= 15 is 0 Å². The predicted octanol–water partition coefficient (Wildman–Crippen LogP) is 3.39. The first kappa shape index (κ1) is 22.0. The average molecular weight is 443 g/mol. The van der Waals surface area contributed by atoms with Crippen molar-refractivity contribution >= 4 is 15.9 Å². The second-order valence-corrected chi connectivity index (χ2v) is 10.8. The maximum atomic E-state index is 13.4. The zero-order valence-electron chi connectivity index (χ0n) is 17.8. The summed E-state index contributed by atoms with van der Waals surface area (Å²) in [7, 11) is -3.49. The summed E-state index contributed by atoms with van der Waals surface area (Å²) in [6, 6.07) is 16.2. The molecule has 6 nitrogen and oxygen atoms in total. The molecule has 3 unspecified atom stereocenters. The number of hydrogen-bond acceptors (Lipinski definition) is 4. The molecule has 0 aromatic heterocycles. The van der Waals surface area contributed by atoms with Gasteiger partial charge in [-0.15, -0.1) is 0 Å². The van der Waals surface area contributed by atoms with Crippen molar-refractivity contribution in [2.24, 2.45) is 0 Å². The molecule has 2 N–H and O–H groups in total. The number of sulfonamides is 1. The van der Waals surface area contributed by atoms with Crippen LogP contribution in [0.25, 0.3) is 0 Å². The van der Waals surface area contributed by atoms with E-state index in [1.165, 1.54) is 0 Å². The summed E-state index contributed by atoms with van der Waals surface area (Å²) in [5.41, 5.74) is 2.20. The lowest BCUT2D eigenvalue weighted by Gasteiger charge is -2.37. The molecule has 4 rings (SSSR count). The molecule has 1 saturated heterocycles. The molecule has 4 atom stereocenters. The lowest BCUT2D eigenvalue weighted by Crippen LogP contribution is -2.44. The molecule has 1 heterocycles. The molecular weight excluding hydrogens is 412 g/mol. The number of aliphatic hydroxyl groups is 1. The van der Waals surface area contributed by atoms with E-state index in [-0.39, 0.29) is 24.5 Å². The van der Waals surface area contributed by atoms with Gasteiger partial charge in [-0.25, -0.2) is 8.42 Å². The molecule has 1 saturated carbocycles. The van der Waals surface area contributed by atoms with Crippen LogP contribution in [0.3, 0.4) is 0 Å². The lowest BCUT2D eigenvalue weighted by molar-refractivity contribution is 0.0873. The smallest absolute Gasteiger partial charge is 0.251 e. The Balaban J connectivity index is 1.47. The summed E-state index contributed by atoms with van der Waals surface area (Å²) in [4.78, 5) is 12.5. The summed E-state index contributed by atoms with van der Waals surface area (Å²) in [5.74, 6) is -0.208. The fourth-order valence-corrected chi connectivity index (χ4v) is 6.85. The molecule has 0 radical (unpaired) electrons. The number of benzene rings is 2. The molecule has 1 aliphatic heterocycles. The van der Waals surface area contributed by atoms with Gasteiger partial charge in [0.2, 0.25) is 10.0 Å². The largest absolute Gasteiger partial charge is 0.391 e. The SMILES string of the molecule is C[C@H]1CCC(c2ccccc2)S(=O)(=O)N1Cc1ccc(C(=O)NC2CCCC2O)cc1. The third-order valence-electron chi connectivity index (χ3n) is 6.55. The highest BCUT2D eigenvalue weighted by Gasteiger charge is 2.40. The van der Waals surface area contributed by atoms with Crippen LogP contribution in [0.1, 0.15) is 65.8 Å². The van der Waals surface area contributed by atoms with E-state index in [2.05, 4.69) is 5.32 Å². The first-order valence-corrected chi connectivity index (χ1v) is 12.5. The Labute approximate surface area is 184 Å². The number of nitrogens with one attached hydrogen (secondary N) is 1. The Bertz CT molecular complexity index is 1010. The second-order valence-electron chi connectivity index (χ2n) is 8.69. The highest BCUT2D eigenvalue weighted by atomic mass is 32.2. The van der Waals surface area contributed by atoms with Gasteiger partial charge >= 0.3 is 0 Å². The molecule has 7 heteroatoms. The molecule has 2 fully saturated rings. The Kier molecular flexibility index (Phi) is 6.46. The van der Waals surface area contributed by atoms with Crippen molar-refractivity contribution in [3.05, 3.63) is 71.3 Å². The van der Waals surface area contributed by atoms with Gasteiger partial charge < -0.3 is 10.4 Å². The van der Waals surface area contributed by atoms with Crippen molar-refractivity contribution < 1.29 is 18.3 Å². The standard InChI is InChI=1S/C24H30N2O4S/c1-17-10-15-23(19-6-3-2-4-7-19)31(29,30)26(17)16-18-11-13-20(14-12-18)24(28)25-21-8-5-9-22(21)27/h2-4,6-7,11-14,17,21-23,27H,5,8-10,15-16H2,1H3,(H,25,28)/t17-,21?,22?,23?/m0/s1. The van der Waals surface area contributed by atoms with Gasteiger partial charge in [0.15, 0.2) is 0 Å². The van der Waals surface area contributed by atoms with Gasteiger partial charge in [-0.05, 0) is 62.3 Å². The third kappa shape index (κ3) is 4.68. The molecule has 0 spiro atoms. The highest BCUT2D eigenvalue weighted by molar-refractivity contribution is 7.89. The van der Waals surface area contributed by atoms with E-state index in [1.807, 2.05) is 49.4 Å². The number of hydrogen-bond donors (Lipinski definition) is 2. The number of carbonyl (C=O) groups excluding carboxylic acids is 1. The maximum absolute atomic E-state index is 13.4. The molecule has 1 aliphatic carbocycles. The quantitative estimate of drug-likeness (QED) is 0.743. The molecule has 0 bridgehead atoms. The minimum Gasteiger partial charge on any atom is -0.391 e. The zero-order valence-corrected chi connectivity index (χ0v) is 18.6. The van der Waals surface area contributed by atoms with Crippen LogP contribution in [0.2, 0.25) is 0 Å². The van der Waals surface area contributed by atoms with Crippen LogP contribution >= 0.6 is 0 Å². The van der Waals surface area contributed by atoms with E-state index in [0.29, 0.717) is 12.0 Å². The lowest BCUT2D eigenvalue weighted by atomic mass is 10.0. The van der Waals surface area contributed by atoms with Crippen LogP contribution in [0.15, 0.2) is 54.6 Å². The summed E-state index contributed by atoms with van der Waals surface area (Å²) < 4.78 is 28.3. The van der Waals surface area contributed by atoms with Crippen molar-refractivity contribution in [2.75, 3.05) is 0 Å². The molecule has 1 amide bonds. The van der Waals surface area contributed by atoms with Gasteiger partial charge in [-0.2, -0.15) is 4.31 Å². The number of amides is 1. The summed E-state index contributed by atoms with van der Waals surface area (Å²) in [6.45, 7) is 2.24. The van der Waals surface area contributed by atoms with Gasteiger partial charge in [-0.1, -0.05) is 42.5 Å². The Hall–Kier alpha value is -2.22. The first-order valence-electron chi connectivity index (χ1n) is 11.0. The molecular formula is C24H30N2O4S. The summed E-state index contributed by atoms with van der Waals surface area (Å²) >= 11 is 0. The van der Waals surface area contributed by atoms with Crippen molar-refractivity contribution in [1.29, 1.82) is 0 Å². The van der Waals surface area contributed by atoms with Crippen molar-refractivity contribution in [3.63, 3.8) is 0 Å². The number of aliphatic hydroxyl groups excluding tert-OH is 1. The minimum absolute atomic E-state index is 0.0724. The first-order chi connectivity index (χ1) is 14.9. The van der Waals surface area contributed by atoms with E-state index in [9.17, 15) is 18.3 Å². The third-order valence-corrected chi connectivity index (χ3v) is 8.92. The second kappa shape index (κ2) is 9.10. The molecule has 166 valence electrons. The van der Waals surface area contributed by atoms with Gasteiger partial charge in [-0.3, -0.25) is 4.79 Å². The van der Waals surface area contributed by atoms with E-state index in [0.717, 1.165) is 36.8 Å². The number of rotatable bonds is 5. The zero-order chi connectivity index (χ0) is 22.0. The minimum atomic E-state index is -3.49. The van der Waals surface area contributed by atoms with Crippen LogP contribution < -0.4 is 5.32 Å². The summed E-state index contributed by atoms with van der Waals surface area (Å²) in [6.07, 6.45) is 3.37. The molecule has 2 aliphatic rings. The highest BCUT2D eigenvalue weighted by Crippen LogP contribution is 2.38. The van der Waals surface area contributed by atoms with Gasteiger partial charge in [0, 0.05) is 18.2 Å². The normalized spacial score (nSPS) is 28.3. The van der Waals surface area contributed by atoms with E-state index in [4.69, 9.17) is 0 Å². The Morgan fingerprint density at radius 2 is 1.74 bits per heavy atom. The van der Waals surface area contributed by atoms with Crippen molar-refractivity contribution in [2.45, 2.75) is 69.0 Å². The van der Waals surface area contributed by atoms with Crippen molar-refractivity contribution in [1.82, 2.24) is 9.62 Å². The average Bonchev–Trinajstić information content (AvgIpc) is 3.16. The molecule has 2 aromatic carbocycles. The van der Waals surface area contributed by atoms with Gasteiger partial charge in [0.1, 0.15) is 5.25 Å². The van der Waals surface area contributed by atoms with Crippen LogP contribution in [0.5, 0.6) is 0 Å². The van der Waals surface area contributed by atoms with Crippen LogP contribution in [-0.4, -0.2) is 41.9 Å². The Morgan fingerprint density at radius 1 is 1.03 bits per heavy atom. The van der Waals surface area contributed by atoms with Crippen LogP contribution in [0, 0.1) is 0 Å². The van der Waals surface area contributed by atoms with Crippen molar-refractivity contribution in [3.8, 4) is 0 Å². The molecule has 31 heavy (non-hydrogen) atoms. The summed E-state index contributed by atoms with van der Waals surface area (Å²) in [5, 5.41) is 12.3. The predicted molar refractivity (Wildman–Crippen MR) is 120 cm³/mol. The van der Waals surface area contributed by atoms with E-state index < -0.39 is 21.4 Å². The van der Waals surface area contributed by atoms with Gasteiger partial charge in [0.25, 0.3) is 5.91 Å². The Morgan fingerprint density at radius 3 is 2.39 bits per heavy atom. The van der Waals surface area contributed by atoms with Crippen LogP contribution in [0.4, 0.5) is 0 Å². The van der Waals surface area contributed by atoms with Gasteiger partial charge in [0.05, 0.1) is 12.1 Å². The topological polar surface area (TPSA) is 86.7 Å². The maximum Gasteiger partial charge on any atom is 0.251 e. The fraction of sp³-hybridized carbons (Fsp3) is 0.458. The van der Waals surface area contributed by atoms with Crippen LogP contribution in [-0.2, 0) is 16.6 Å². The van der Waals surface area contributed by atoms with E-state index in [1.54, 1.807) is 16.4 Å². The molecule has 2 aromatic rings. The monoisotopic (exact) mass is 442 g/mol. The fourth-order valence-electron chi connectivity index (χ4n) is 4.65. The number of carbonyl (C=O) groups is 1. The number of nitrogens with zero attached hydrogens (tertiary/aromatic N) is 1.